The van der Waals surface area contributed by atoms with Crippen LogP contribution in [0, 0.1) is 5.92 Å². The molecule has 6 nitrogen and oxygen atoms in total. The summed E-state index contributed by atoms with van der Waals surface area (Å²) in [5.74, 6) is 0.980. The fraction of sp³-hybridized carbons (Fsp3) is 0.370. The second-order valence-corrected chi connectivity index (χ2v) is 9.96. The lowest BCUT2D eigenvalue weighted by Gasteiger charge is -2.25. The first-order valence-corrected chi connectivity index (χ1v) is 13.0. The van der Waals surface area contributed by atoms with Crippen molar-refractivity contribution in [3.8, 4) is 11.5 Å². The first-order valence-electron chi connectivity index (χ1n) is 11.7. The molecule has 0 aromatic heterocycles. The molecule has 3 rings (SSSR count). The minimum atomic E-state index is -0.940. The largest absolute Gasteiger partial charge is 0.490 e. The molecule has 2 aromatic rings. The standard InChI is InChI=1S/C27H31NO5S2/c1-5-31-22-16-19(12-13-21(22)33-15-14-18(3)4)17-23-25(29)28(27(34)35-23)24(26(30)32-6-2)20-10-8-7-9-11-20/h7-13,16-18,24H,5-6,14-15H2,1-4H3/b23-17+. The van der Waals surface area contributed by atoms with Gasteiger partial charge in [0.2, 0.25) is 0 Å². The van der Waals surface area contributed by atoms with E-state index in [9.17, 15) is 9.59 Å². The fourth-order valence-corrected chi connectivity index (χ4v) is 4.82. The molecule has 0 saturated carbocycles. The normalized spacial score (nSPS) is 15.6. The van der Waals surface area contributed by atoms with Crippen molar-refractivity contribution < 1.29 is 23.8 Å². The second-order valence-electron chi connectivity index (χ2n) is 8.29. The minimum absolute atomic E-state index is 0.207. The van der Waals surface area contributed by atoms with E-state index in [2.05, 4.69) is 13.8 Å². The molecule has 0 N–H and O–H groups in total. The maximum absolute atomic E-state index is 13.4. The van der Waals surface area contributed by atoms with Crippen LogP contribution in [0.3, 0.4) is 0 Å². The number of ether oxygens (including phenoxy) is 3. The SMILES string of the molecule is CCOC(=O)C(c1ccccc1)N1C(=O)/C(=C\c2ccc(OCCC(C)C)c(OCC)c2)SC1=S. The van der Waals surface area contributed by atoms with E-state index in [0.717, 1.165) is 23.7 Å². The van der Waals surface area contributed by atoms with E-state index in [4.69, 9.17) is 26.4 Å². The second kappa shape index (κ2) is 12.7. The van der Waals surface area contributed by atoms with Gasteiger partial charge in [0, 0.05) is 0 Å². The Morgan fingerprint density at radius 3 is 2.46 bits per heavy atom. The van der Waals surface area contributed by atoms with Gasteiger partial charge in [0.15, 0.2) is 17.5 Å². The van der Waals surface area contributed by atoms with Crippen LogP contribution in [0.5, 0.6) is 11.5 Å². The predicted octanol–water partition coefficient (Wildman–Crippen LogP) is 6.02. The maximum atomic E-state index is 13.4. The smallest absolute Gasteiger partial charge is 0.333 e. The Bertz CT molecular complexity index is 1080. The van der Waals surface area contributed by atoms with Crippen LogP contribution in [0.1, 0.15) is 51.3 Å². The molecular formula is C27H31NO5S2. The van der Waals surface area contributed by atoms with Crippen molar-refractivity contribution in [2.24, 2.45) is 5.92 Å². The average molecular weight is 514 g/mol. The highest BCUT2D eigenvalue weighted by Gasteiger charge is 2.42. The molecule has 0 bridgehead atoms. The zero-order valence-electron chi connectivity index (χ0n) is 20.5. The Kier molecular flexibility index (Phi) is 9.74. The third kappa shape index (κ3) is 6.86. The first-order chi connectivity index (χ1) is 16.8. The Hall–Kier alpha value is -2.84. The summed E-state index contributed by atoms with van der Waals surface area (Å²) in [6.07, 6.45) is 2.70. The van der Waals surface area contributed by atoms with E-state index >= 15 is 0 Å². The van der Waals surface area contributed by atoms with Gasteiger partial charge >= 0.3 is 5.97 Å². The number of hydrogen-bond acceptors (Lipinski definition) is 7. The van der Waals surface area contributed by atoms with Crippen LogP contribution < -0.4 is 9.47 Å². The molecule has 35 heavy (non-hydrogen) atoms. The summed E-state index contributed by atoms with van der Waals surface area (Å²) in [4.78, 5) is 28.0. The molecule has 8 heteroatoms. The quantitative estimate of drug-likeness (QED) is 0.207. The summed E-state index contributed by atoms with van der Waals surface area (Å²) < 4.78 is 17.3. The number of rotatable bonds is 11. The summed E-state index contributed by atoms with van der Waals surface area (Å²) in [6.45, 7) is 9.24. The van der Waals surface area contributed by atoms with E-state index in [-0.39, 0.29) is 12.5 Å². The third-order valence-corrected chi connectivity index (χ3v) is 6.56. The lowest BCUT2D eigenvalue weighted by Crippen LogP contribution is -2.38. The first kappa shape index (κ1) is 26.8. The zero-order chi connectivity index (χ0) is 25.4. The topological polar surface area (TPSA) is 65.1 Å². The van der Waals surface area contributed by atoms with Crippen LogP contribution in [0.4, 0.5) is 0 Å². The van der Waals surface area contributed by atoms with Crippen LogP contribution in [0.2, 0.25) is 0 Å². The summed E-state index contributed by atoms with van der Waals surface area (Å²) in [7, 11) is 0. The van der Waals surface area contributed by atoms with Gasteiger partial charge in [-0.1, -0.05) is 74.2 Å². The van der Waals surface area contributed by atoms with Crippen molar-refractivity contribution in [3.63, 3.8) is 0 Å². The Morgan fingerprint density at radius 1 is 1.06 bits per heavy atom. The van der Waals surface area contributed by atoms with Crippen LogP contribution in [0.25, 0.3) is 6.08 Å². The van der Waals surface area contributed by atoms with Gasteiger partial charge in [-0.05, 0) is 55.5 Å². The highest BCUT2D eigenvalue weighted by molar-refractivity contribution is 8.26. The van der Waals surface area contributed by atoms with Crippen molar-refractivity contribution in [1.82, 2.24) is 4.90 Å². The van der Waals surface area contributed by atoms with Gasteiger partial charge in [0.25, 0.3) is 5.91 Å². The molecule has 1 amide bonds. The molecule has 1 aliphatic rings. The van der Waals surface area contributed by atoms with Crippen molar-refractivity contribution in [1.29, 1.82) is 0 Å². The van der Waals surface area contributed by atoms with Crippen molar-refractivity contribution in [2.75, 3.05) is 19.8 Å². The molecule has 1 atom stereocenters. The Balaban J connectivity index is 1.88. The lowest BCUT2D eigenvalue weighted by atomic mass is 10.1. The van der Waals surface area contributed by atoms with Gasteiger partial charge in [0.1, 0.15) is 4.32 Å². The number of esters is 1. The van der Waals surface area contributed by atoms with Crippen LogP contribution >= 0.6 is 24.0 Å². The fourth-order valence-electron chi connectivity index (χ4n) is 3.51. The molecule has 0 spiro atoms. The molecule has 2 aromatic carbocycles. The molecule has 0 radical (unpaired) electrons. The minimum Gasteiger partial charge on any atom is -0.490 e. The number of benzene rings is 2. The molecule has 0 aliphatic carbocycles. The highest BCUT2D eigenvalue weighted by Crippen LogP contribution is 2.39. The number of nitrogens with zero attached hydrogens (tertiary/aromatic N) is 1. The van der Waals surface area contributed by atoms with Gasteiger partial charge in [0.05, 0.1) is 24.7 Å². The highest BCUT2D eigenvalue weighted by atomic mass is 32.2. The van der Waals surface area contributed by atoms with Gasteiger partial charge in [-0.25, -0.2) is 4.79 Å². The van der Waals surface area contributed by atoms with E-state index in [1.807, 2.05) is 43.3 Å². The lowest BCUT2D eigenvalue weighted by molar-refractivity contribution is -0.151. The predicted molar refractivity (Wildman–Crippen MR) is 143 cm³/mol. The van der Waals surface area contributed by atoms with Crippen molar-refractivity contribution >= 4 is 46.3 Å². The van der Waals surface area contributed by atoms with E-state index in [1.54, 1.807) is 25.1 Å². The summed E-state index contributed by atoms with van der Waals surface area (Å²) >= 11 is 6.69. The van der Waals surface area contributed by atoms with Gasteiger partial charge in [-0.3, -0.25) is 9.69 Å². The average Bonchev–Trinajstić information content (AvgIpc) is 3.09. The number of thiocarbonyl (C=S) groups is 1. The van der Waals surface area contributed by atoms with E-state index < -0.39 is 12.0 Å². The van der Waals surface area contributed by atoms with Gasteiger partial charge in [-0.2, -0.15) is 0 Å². The van der Waals surface area contributed by atoms with Gasteiger partial charge < -0.3 is 14.2 Å². The summed E-state index contributed by atoms with van der Waals surface area (Å²) in [5.41, 5.74) is 1.42. The molecule has 186 valence electrons. The van der Waals surface area contributed by atoms with Crippen molar-refractivity contribution in [2.45, 2.75) is 40.2 Å². The number of amides is 1. The number of thioether (sulfide) groups is 1. The molecule has 1 aliphatic heterocycles. The molecule has 1 heterocycles. The number of carbonyl (C=O) groups is 2. The number of hydrogen-bond donors (Lipinski definition) is 0. The monoisotopic (exact) mass is 513 g/mol. The maximum Gasteiger partial charge on any atom is 0.333 e. The Labute approximate surface area is 216 Å². The molecule has 1 saturated heterocycles. The van der Waals surface area contributed by atoms with Crippen LogP contribution in [-0.4, -0.2) is 40.9 Å². The van der Waals surface area contributed by atoms with Crippen LogP contribution in [0.15, 0.2) is 53.4 Å². The summed E-state index contributed by atoms with van der Waals surface area (Å²) in [6, 6.07) is 13.7. The molecular weight excluding hydrogens is 482 g/mol. The number of carbonyl (C=O) groups excluding carboxylic acids is 2. The van der Waals surface area contributed by atoms with E-state index in [1.165, 1.54) is 4.90 Å². The van der Waals surface area contributed by atoms with Gasteiger partial charge in [-0.15, -0.1) is 0 Å². The molecule has 1 unspecified atom stereocenters. The van der Waals surface area contributed by atoms with Crippen LogP contribution in [-0.2, 0) is 14.3 Å². The molecule has 1 fully saturated rings. The zero-order valence-corrected chi connectivity index (χ0v) is 22.1. The van der Waals surface area contributed by atoms with E-state index in [0.29, 0.717) is 45.4 Å². The Morgan fingerprint density at radius 2 is 1.80 bits per heavy atom. The third-order valence-electron chi connectivity index (χ3n) is 5.23. The summed E-state index contributed by atoms with van der Waals surface area (Å²) in [5, 5.41) is 0. The van der Waals surface area contributed by atoms with Crippen molar-refractivity contribution in [3.05, 3.63) is 64.6 Å².